The highest BCUT2D eigenvalue weighted by Gasteiger charge is 2.85. The Morgan fingerprint density at radius 1 is 0.615 bits per heavy atom. The fraction of sp³-hybridized carbons (Fsp3) is 0.451. The number of rotatable bonds is 1. The Morgan fingerprint density at radius 3 is 2.08 bits per heavy atom. The third-order valence-corrected chi connectivity index (χ3v) is 20.8. The van der Waals surface area contributed by atoms with Gasteiger partial charge in [-0.25, -0.2) is 0 Å². The molecule has 250 valence electrons. The summed E-state index contributed by atoms with van der Waals surface area (Å²) in [7, 11) is 2.58. The van der Waals surface area contributed by atoms with Crippen LogP contribution < -0.4 is 0 Å². The molecule has 14 aliphatic carbocycles. The van der Waals surface area contributed by atoms with Crippen molar-refractivity contribution in [3.8, 4) is 0 Å². The number of nitrogens with zero attached hydrogens (tertiary/aromatic N) is 1. The van der Waals surface area contributed by atoms with Crippen molar-refractivity contribution in [3.05, 3.63) is 140 Å². The zero-order chi connectivity index (χ0) is 33.0. The molecule has 1 heteroatoms. The summed E-state index contributed by atoms with van der Waals surface area (Å²) in [6, 6.07) is 16.4. The first-order valence-corrected chi connectivity index (χ1v) is 21.3. The second-order valence-electron chi connectivity index (χ2n) is 20.8. The maximum absolute atomic E-state index is 2.98. The molecular formula is C51H41N. The van der Waals surface area contributed by atoms with Crippen LogP contribution in [-0.2, 0) is 5.41 Å². The van der Waals surface area contributed by atoms with Crippen LogP contribution in [0.4, 0.5) is 0 Å². The standard InChI is InChI=1S/C51H41N/c1-18-4-6-20(7-5-18)49-51-30-17-16-29-27-14-12-25-23-10-8-21-22-9-11-24-26-13-15-28(30)38-36(26)41-34(24)32(22)39-31(21)33(23)40-35(25)37(27)47(50(29,51)19(2)52(49)3)45-43(40)42(39)44(41)46(45)48(38)51/h4-15,19,21-25,27,29-35,37,49H,16-17H2,1-3H3. The number of benzene rings is 3. The molecule has 18 atom stereocenters. The molecule has 0 amide bonds. The second-order valence-corrected chi connectivity index (χ2v) is 20.8. The number of aryl methyl sites for hydroxylation is 1. The van der Waals surface area contributed by atoms with Crippen LogP contribution in [0.1, 0.15) is 88.1 Å². The summed E-state index contributed by atoms with van der Waals surface area (Å²) in [6.07, 6.45) is 19.7. The Balaban J connectivity index is 1.14. The first-order chi connectivity index (χ1) is 25.6. The van der Waals surface area contributed by atoms with Crippen molar-refractivity contribution in [1.29, 1.82) is 0 Å². The van der Waals surface area contributed by atoms with E-state index in [4.69, 9.17) is 0 Å². The van der Waals surface area contributed by atoms with Gasteiger partial charge >= 0.3 is 0 Å². The maximum Gasteiger partial charge on any atom is 0.0460 e. The normalized spacial score (nSPS) is 53.1. The van der Waals surface area contributed by atoms with Gasteiger partial charge < -0.3 is 0 Å². The summed E-state index contributed by atoms with van der Waals surface area (Å²) in [5.74, 6) is 9.53. The van der Waals surface area contributed by atoms with E-state index in [9.17, 15) is 0 Å². The molecule has 3 aromatic carbocycles. The molecule has 1 heterocycles. The van der Waals surface area contributed by atoms with Crippen LogP contribution in [0.5, 0.6) is 0 Å². The van der Waals surface area contributed by atoms with E-state index in [0.717, 1.165) is 23.7 Å². The fourth-order valence-electron chi connectivity index (χ4n) is 20.5. The van der Waals surface area contributed by atoms with E-state index < -0.39 is 0 Å². The minimum Gasteiger partial charge on any atom is -0.295 e. The predicted molar refractivity (Wildman–Crippen MR) is 203 cm³/mol. The Hall–Kier alpha value is -3.68. The summed E-state index contributed by atoms with van der Waals surface area (Å²) >= 11 is 0. The quantitative estimate of drug-likeness (QED) is 0.234. The minimum absolute atomic E-state index is 0.0793. The Bertz CT molecular complexity index is 2740. The summed E-state index contributed by atoms with van der Waals surface area (Å²) in [6.45, 7) is 5.02. The van der Waals surface area contributed by atoms with Gasteiger partial charge in [-0.1, -0.05) is 89.6 Å². The molecule has 18 unspecified atom stereocenters. The molecule has 18 rings (SSSR count). The summed E-state index contributed by atoms with van der Waals surface area (Å²) in [5.41, 5.74) is 25.8. The smallest absolute Gasteiger partial charge is 0.0460 e. The van der Waals surface area contributed by atoms with Crippen LogP contribution in [0, 0.1) is 77.4 Å². The summed E-state index contributed by atoms with van der Waals surface area (Å²) in [4.78, 5) is 2.98. The molecule has 1 nitrogen and oxygen atoms in total. The number of hydrogen-bond donors (Lipinski definition) is 0. The molecule has 4 saturated carbocycles. The van der Waals surface area contributed by atoms with Gasteiger partial charge in [0, 0.05) is 34.7 Å². The molecule has 5 fully saturated rings. The average Bonchev–Trinajstić information content (AvgIpc) is 4.00. The lowest BCUT2D eigenvalue weighted by Gasteiger charge is -2.60. The molecule has 1 aliphatic heterocycles. The van der Waals surface area contributed by atoms with Gasteiger partial charge in [0.15, 0.2) is 0 Å². The van der Waals surface area contributed by atoms with Crippen LogP contribution >= 0.6 is 0 Å². The largest absolute Gasteiger partial charge is 0.295 e. The predicted octanol–water partition coefficient (Wildman–Crippen LogP) is 9.92. The highest BCUT2D eigenvalue weighted by molar-refractivity contribution is 6.22. The number of hydrogen-bond acceptors (Lipinski definition) is 1. The van der Waals surface area contributed by atoms with Crippen molar-refractivity contribution >= 4 is 21.9 Å². The highest BCUT2D eigenvalue weighted by atomic mass is 15.2. The SMILES string of the molecule is Cc1ccc(C2N(C)C(C)C34C5=C6C7=C8C9C%10C=CC%11C%12C=CC%13c%14ccc%15c%16c(c6c6c(c%14%16)C%13C%12C(=C76)C%119)C23C%15CCC4C2C=CC%10C8C52)cc1. The molecule has 15 aliphatic rings. The van der Waals surface area contributed by atoms with E-state index in [2.05, 4.69) is 98.6 Å². The van der Waals surface area contributed by atoms with E-state index in [1.165, 1.54) is 18.4 Å². The van der Waals surface area contributed by atoms with E-state index >= 15 is 0 Å². The molecule has 0 radical (unpaired) electrons. The van der Waals surface area contributed by atoms with Crippen molar-refractivity contribution < 1.29 is 0 Å². The molecule has 52 heavy (non-hydrogen) atoms. The van der Waals surface area contributed by atoms with Crippen LogP contribution in [0.15, 0.2) is 95.1 Å². The topological polar surface area (TPSA) is 3.24 Å². The van der Waals surface area contributed by atoms with Gasteiger partial charge in [-0.15, -0.1) is 0 Å². The first kappa shape index (κ1) is 25.4. The Labute approximate surface area is 304 Å². The Morgan fingerprint density at radius 2 is 1.29 bits per heavy atom. The Kier molecular flexibility index (Phi) is 3.36. The summed E-state index contributed by atoms with van der Waals surface area (Å²) in [5, 5.41) is 3.57. The van der Waals surface area contributed by atoms with Crippen molar-refractivity contribution in [1.82, 2.24) is 4.90 Å². The highest BCUT2D eigenvalue weighted by Crippen LogP contribution is 2.91. The molecule has 1 saturated heterocycles. The monoisotopic (exact) mass is 667 g/mol. The van der Waals surface area contributed by atoms with Gasteiger partial charge in [0.2, 0.25) is 0 Å². The van der Waals surface area contributed by atoms with Crippen LogP contribution in [-0.4, -0.2) is 18.0 Å². The van der Waals surface area contributed by atoms with Gasteiger partial charge in [-0.3, -0.25) is 4.90 Å². The lowest BCUT2D eigenvalue weighted by molar-refractivity contribution is 0.0287. The molecule has 2 spiro atoms. The van der Waals surface area contributed by atoms with E-state index in [1.54, 1.807) is 27.5 Å². The van der Waals surface area contributed by atoms with Crippen LogP contribution in [0.3, 0.4) is 0 Å². The van der Waals surface area contributed by atoms with E-state index in [0.29, 0.717) is 71.3 Å². The average molecular weight is 668 g/mol. The first-order valence-electron chi connectivity index (χ1n) is 21.3. The maximum atomic E-state index is 2.98. The van der Waals surface area contributed by atoms with E-state index in [1.807, 2.05) is 55.7 Å². The van der Waals surface area contributed by atoms with E-state index in [-0.39, 0.29) is 10.8 Å². The minimum atomic E-state index is 0.0793. The van der Waals surface area contributed by atoms with Crippen molar-refractivity contribution in [3.63, 3.8) is 0 Å². The number of fused-ring (bicyclic) bond motifs is 5. The van der Waals surface area contributed by atoms with Crippen molar-refractivity contribution in [2.45, 2.75) is 61.9 Å². The van der Waals surface area contributed by atoms with Crippen molar-refractivity contribution in [2.75, 3.05) is 7.05 Å². The number of likely N-dealkylation sites (N-methyl/N-ethyl adjacent to an activating group) is 1. The number of allylic oxidation sites excluding steroid dienone is 11. The van der Waals surface area contributed by atoms with Crippen LogP contribution in [0.2, 0.25) is 0 Å². The van der Waals surface area contributed by atoms with Crippen LogP contribution in [0.25, 0.3) is 21.9 Å². The number of likely N-dealkylation sites (tertiary alicyclic amines) is 1. The molecule has 0 N–H and O–H groups in total. The lowest BCUT2D eigenvalue weighted by Crippen LogP contribution is -2.58. The molecule has 0 aromatic heterocycles. The lowest BCUT2D eigenvalue weighted by atomic mass is 9.41. The molecule has 0 bridgehead atoms. The van der Waals surface area contributed by atoms with Crippen molar-refractivity contribution in [2.24, 2.45) is 70.5 Å². The third-order valence-electron chi connectivity index (χ3n) is 20.8. The zero-order valence-electron chi connectivity index (χ0n) is 30.0. The third kappa shape index (κ3) is 1.82. The fourth-order valence-corrected chi connectivity index (χ4v) is 20.5. The summed E-state index contributed by atoms with van der Waals surface area (Å²) < 4.78 is 0. The second kappa shape index (κ2) is 6.90. The van der Waals surface area contributed by atoms with Gasteiger partial charge in [0.05, 0.1) is 0 Å². The molecular weight excluding hydrogens is 627 g/mol. The van der Waals surface area contributed by atoms with Gasteiger partial charge in [0.25, 0.3) is 0 Å². The van der Waals surface area contributed by atoms with Gasteiger partial charge in [-0.2, -0.15) is 0 Å². The zero-order valence-corrected chi connectivity index (χ0v) is 30.0. The van der Waals surface area contributed by atoms with Gasteiger partial charge in [0.1, 0.15) is 0 Å². The molecule has 3 aromatic rings. The van der Waals surface area contributed by atoms with Gasteiger partial charge in [-0.05, 0) is 177 Å².